The van der Waals surface area contributed by atoms with Gasteiger partial charge in [0.1, 0.15) is 5.82 Å². The monoisotopic (exact) mass is 322 g/mol. The van der Waals surface area contributed by atoms with Gasteiger partial charge in [-0.05, 0) is 35.9 Å². The number of nitrogens with one attached hydrogen (secondary N) is 1. The first-order valence-corrected chi connectivity index (χ1v) is 6.43. The van der Waals surface area contributed by atoms with Gasteiger partial charge in [0, 0.05) is 4.47 Å². The van der Waals surface area contributed by atoms with E-state index in [1.54, 1.807) is 0 Å². The van der Waals surface area contributed by atoms with Crippen LogP contribution in [-0.2, 0) is 11.2 Å². The van der Waals surface area contributed by atoms with Gasteiger partial charge in [-0.25, -0.2) is 4.39 Å². The summed E-state index contributed by atoms with van der Waals surface area (Å²) in [4.78, 5) is 11.9. The molecule has 3 N–H and O–H groups in total. The third kappa shape index (κ3) is 3.79. The largest absolute Gasteiger partial charge is 0.397 e. The number of carbonyl (C=O) groups excluding carboxylic acids is 1. The van der Waals surface area contributed by atoms with E-state index in [1.165, 1.54) is 18.2 Å². The van der Waals surface area contributed by atoms with Gasteiger partial charge in [-0.15, -0.1) is 0 Å². The van der Waals surface area contributed by atoms with Crippen LogP contribution >= 0.6 is 15.9 Å². The molecule has 0 radical (unpaired) electrons. The molecule has 0 atom stereocenters. The maximum absolute atomic E-state index is 12.9. The van der Waals surface area contributed by atoms with Crippen molar-refractivity contribution in [1.82, 2.24) is 0 Å². The Bertz CT molecular complexity index is 616. The summed E-state index contributed by atoms with van der Waals surface area (Å²) < 4.78 is 13.8. The highest BCUT2D eigenvalue weighted by molar-refractivity contribution is 9.10. The third-order valence-electron chi connectivity index (χ3n) is 2.54. The van der Waals surface area contributed by atoms with Gasteiger partial charge in [0.15, 0.2) is 0 Å². The number of carbonyl (C=O) groups is 1. The summed E-state index contributed by atoms with van der Waals surface area (Å²) in [5, 5.41) is 2.66. The second kappa shape index (κ2) is 5.84. The van der Waals surface area contributed by atoms with E-state index in [-0.39, 0.29) is 18.0 Å². The Labute approximate surface area is 118 Å². The molecule has 0 aliphatic carbocycles. The lowest BCUT2D eigenvalue weighted by atomic mass is 10.1. The Morgan fingerprint density at radius 2 is 2.05 bits per heavy atom. The van der Waals surface area contributed by atoms with Crippen LogP contribution in [0.25, 0.3) is 0 Å². The molecule has 0 aliphatic rings. The Hall–Kier alpha value is -1.88. The average Bonchev–Trinajstić information content (AvgIpc) is 2.33. The topological polar surface area (TPSA) is 55.1 Å². The number of hydrogen-bond acceptors (Lipinski definition) is 2. The Morgan fingerprint density at radius 1 is 1.26 bits per heavy atom. The summed E-state index contributed by atoms with van der Waals surface area (Å²) in [6, 6.07) is 11.4. The van der Waals surface area contributed by atoms with Gasteiger partial charge in [0.05, 0.1) is 17.8 Å². The van der Waals surface area contributed by atoms with Crippen LogP contribution in [0.2, 0.25) is 0 Å². The summed E-state index contributed by atoms with van der Waals surface area (Å²) in [7, 11) is 0. The smallest absolute Gasteiger partial charge is 0.228 e. The van der Waals surface area contributed by atoms with E-state index >= 15 is 0 Å². The van der Waals surface area contributed by atoms with Crippen LogP contribution in [0.5, 0.6) is 0 Å². The molecule has 0 heterocycles. The number of nitrogens with two attached hydrogens (primary N) is 1. The molecule has 3 nitrogen and oxygen atoms in total. The van der Waals surface area contributed by atoms with Gasteiger partial charge in [-0.1, -0.05) is 28.1 Å². The maximum Gasteiger partial charge on any atom is 0.228 e. The number of rotatable bonds is 3. The molecule has 0 aromatic heterocycles. The molecule has 0 saturated carbocycles. The molecule has 2 aromatic rings. The van der Waals surface area contributed by atoms with Crippen LogP contribution in [0, 0.1) is 5.82 Å². The van der Waals surface area contributed by atoms with E-state index in [2.05, 4.69) is 21.2 Å². The van der Waals surface area contributed by atoms with Crippen molar-refractivity contribution in [3.05, 3.63) is 58.3 Å². The molecule has 0 fully saturated rings. The predicted molar refractivity (Wildman–Crippen MR) is 77.3 cm³/mol. The molecule has 19 heavy (non-hydrogen) atoms. The summed E-state index contributed by atoms with van der Waals surface area (Å²) in [6.45, 7) is 0. The zero-order valence-electron chi connectivity index (χ0n) is 9.99. The van der Waals surface area contributed by atoms with Gasteiger partial charge in [0.2, 0.25) is 5.91 Å². The van der Waals surface area contributed by atoms with Crippen LogP contribution in [0.15, 0.2) is 46.9 Å². The fraction of sp³-hybridized carbons (Fsp3) is 0.0714. The Kier molecular flexibility index (Phi) is 4.16. The predicted octanol–water partition coefficient (Wildman–Crippen LogP) is 3.35. The highest BCUT2D eigenvalue weighted by atomic mass is 79.9. The number of amides is 1. The first kappa shape index (κ1) is 13.5. The number of benzene rings is 2. The van der Waals surface area contributed by atoms with Crippen molar-refractivity contribution in [3.8, 4) is 0 Å². The second-order valence-electron chi connectivity index (χ2n) is 4.09. The molecule has 2 aromatic carbocycles. The first-order valence-electron chi connectivity index (χ1n) is 5.64. The van der Waals surface area contributed by atoms with Gasteiger partial charge < -0.3 is 11.1 Å². The van der Waals surface area contributed by atoms with Crippen molar-refractivity contribution >= 4 is 33.2 Å². The SMILES string of the molecule is Nc1cc(F)ccc1NC(=O)Cc1cccc(Br)c1. The number of hydrogen-bond donors (Lipinski definition) is 2. The minimum Gasteiger partial charge on any atom is -0.397 e. The second-order valence-corrected chi connectivity index (χ2v) is 5.00. The van der Waals surface area contributed by atoms with Gasteiger partial charge >= 0.3 is 0 Å². The average molecular weight is 323 g/mol. The standard InChI is InChI=1S/C14H12BrFN2O/c15-10-3-1-2-9(6-10)7-14(19)18-13-5-4-11(16)8-12(13)17/h1-6,8H,7,17H2,(H,18,19). The molecule has 2 rings (SSSR count). The summed E-state index contributed by atoms with van der Waals surface area (Å²) in [6.07, 6.45) is 0.232. The number of nitrogen functional groups attached to an aromatic ring is 1. The lowest BCUT2D eigenvalue weighted by Crippen LogP contribution is -2.15. The van der Waals surface area contributed by atoms with Gasteiger partial charge in [0.25, 0.3) is 0 Å². The summed E-state index contributed by atoms with van der Waals surface area (Å²) in [5.41, 5.74) is 7.14. The summed E-state index contributed by atoms with van der Waals surface area (Å²) >= 11 is 3.35. The lowest BCUT2D eigenvalue weighted by Gasteiger charge is -2.08. The van der Waals surface area contributed by atoms with Crippen molar-refractivity contribution in [2.24, 2.45) is 0 Å². The molecule has 98 valence electrons. The van der Waals surface area contributed by atoms with Crippen molar-refractivity contribution in [3.63, 3.8) is 0 Å². The highest BCUT2D eigenvalue weighted by Gasteiger charge is 2.07. The van der Waals surface area contributed by atoms with Crippen molar-refractivity contribution in [1.29, 1.82) is 0 Å². The van der Waals surface area contributed by atoms with Crippen molar-refractivity contribution < 1.29 is 9.18 Å². The zero-order valence-corrected chi connectivity index (χ0v) is 11.6. The number of halogens is 2. The molecule has 0 bridgehead atoms. The molecule has 0 saturated heterocycles. The van der Waals surface area contributed by atoms with Gasteiger partial charge in [-0.3, -0.25) is 4.79 Å². The molecule has 0 spiro atoms. The minimum atomic E-state index is -0.428. The zero-order chi connectivity index (χ0) is 13.8. The highest BCUT2D eigenvalue weighted by Crippen LogP contribution is 2.19. The van der Waals surface area contributed by atoms with E-state index in [0.29, 0.717) is 5.69 Å². The van der Waals surface area contributed by atoms with E-state index in [9.17, 15) is 9.18 Å². The van der Waals surface area contributed by atoms with Crippen molar-refractivity contribution in [2.75, 3.05) is 11.1 Å². The third-order valence-corrected chi connectivity index (χ3v) is 3.03. The first-order chi connectivity index (χ1) is 9.04. The quantitative estimate of drug-likeness (QED) is 0.851. The molecular formula is C14H12BrFN2O. The molecule has 1 amide bonds. The van der Waals surface area contributed by atoms with Crippen LogP contribution in [0.3, 0.4) is 0 Å². The minimum absolute atomic E-state index is 0.198. The fourth-order valence-electron chi connectivity index (χ4n) is 1.67. The normalized spacial score (nSPS) is 10.2. The van der Waals surface area contributed by atoms with E-state index in [0.717, 1.165) is 10.0 Å². The van der Waals surface area contributed by atoms with Crippen molar-refractivity contribution in [2.45, 2.75) is 6.42 Å². The maximum atomic E-state index is 12.9. The van der Waals surface area contributed by atoms with Crippen LogP contribution in [0.1, 0.15) is 5.56 Å². The van der Waals surface area contributed by atoms with E-state index < -0.39 is 5.82 Å². The number of anilines is 2. The molecular weight excluding hydrogens is 311 g/mol. The Balaban J connectivity index is 2.05. The van der Waals surface area contributed by atoms with Crippen LogP contribution in [-0.4, -0.2) is 5.91 Å². The van der Waals surface area contributed by atoms with E-state index in [1.807, 2.05) is 24.3 Å². The van der Waals surface area contributed by atoms with Crippen LogP contribution in [0.4, 0.5) is 15.8 Å². The summed E-state index contributed by atoms with van der Waals surface area (Å²) in [5.74, 6) is -0.626. The van der Waals surface area contributed by atoms with E-state index in [4.69, 9.17) is 5.73 Å². The van der Waals surface area contributed by atoms with Gasteiger partial charge in [-0.2, -0.15) is 0 Å². The molecule has 0 aliphatic heterocycles. The molecule has 5 heteroatoms. The fourth-order valence-corrected chi connectivity index (χ4v) is 2.12. The Morgan fingerprint density at radius 3 is 2.74 bits per heavy atom. The molecule has 0 unspecified atom stereocenters. The lowest BCUT2D eigenvalue weighted by molar-refractivity contribution is -0.115. The van der Waals surface area contributed by atoms with Crippen LogP contribution < -0.4 is 11.1 Å².